The van der Waals surface area contributed by atoms with Gasteiger partial charge in [0, 0.05) is 23.2 Å². The second-order valence-corrected chi connectivity index (χ2v) is 8.42. The molecule has 2 heterocycles. The minimum atomic E-state index is -0.365. The van der Waals surface area contributed by atoms with E-state index in [1.807, 2.05) is 35.7 Å². The highest BCUT2D eigenvalue weighted by Crippen LogP contribution is 2.28. The van der Waals surface area contributed by atoms with E-state index in [1.165, 1.54) is 30.2 Å². The van der Waals surface area contributed by atoms with Crippen LogP contribution in [0.4, 0.5) is 0 Å². The Balaban J connectivity index is 1.55. The van der Waals surface area contributed by atoms with Crippen LogP contribution in [0.25, 0.3) is 21.5 Å². The molecule has 0 bridgehead atoms. The molecule has 0 unspecified atom stereocenters. The Bertz CT molecular complexity index is 1310. The second kappa shape index (κ2) is 9.28. The lowest BCUT2D eigenvalue weighted by Gasteiger charge is -2.10. The fourth-order valence-corrected chi connectivity index (χ4v) is 4.89. The van der Waals surface area contributed by atoms with Crippen molar-refractivity contribution in [3.8, 4) is 10.6 Å². The average molecular weight is 450 g/mol. The van der Waals surface area contributed by atoms with E-state index in [-0.39, 0.29) is 11.5 Å². The number of fused-ring (bicyclic) bond motifs is 1. The number of hydrogen-bond acceptors (Lipinski definition) is 7. The van der Waals surface area contributed by atoms with E-state index >= 15 is 0 Å². The first-order valence-corrected chi connectivity index (χ1v) is 11.3. The molecule has 0 amide bonds. The van der Waals surface area contributed by atoms with Crippen LogP contribution in [-0.4, -0.2) is 27.6 Å². The molecular formula is C23H19N3O3S2. The minimum Gasteiger partial charge on any atom is -0.465 e. The van der Waals surface area contributed by atoms with Gasteiger partial charge in [0.25, 0.3) is 5.56 Å². The highest BCUT2D eigenvalue weighted by molar-refractivity contribution is 7.98. The van der Waals surface area contributed by atoms with Crippen molar-refractivity contribution in [2.45, 2.75) is 17.5 Å². The lowest BCUT2D eigenvalue weighted by atomic mass is 10.1. The number of thioether (sulfide) groups is 1. The predicted molar refractivity (Wildman–Crippen MR) is 125 cm³/mol. The number of benzene rings is 2. The van der Waals surface area contributed by atoms with Gasteiger partial charge in [-0.25, -0.2) is 14.8 Å². The van der Waals surface area contributed by atoms with Crippen molar-refractivity contribution in [2.75, 3.05) is 7.11 Å². The molecule has 0 aliphatic heterocycles. The quantitative estimate of drug-likeness (QED) is 0.175. The number of esters is 1. The van der Waals surface area contributed by atoms with Gasteiger partial charge in [0.05, 0.1) is 29.3 Å². The first-order valence-electron chi connectivity index (χ1n) is 9.47. The van der Waals surface area contributed by atoms with Gasteiger partial charge in [0.1, 0.15) is 5.01 Å². The molecule has 0 saturated carbocycles. The first-order chi connectivity index (χ1) is 15.1. The molecule has 0 spiro atoms. The van der Waals surface area contributed by atoms with Crippen molar-refractivity contribution in [1.82, 2.24) is 14.5 Å². The third-order valence-electron chi connectivity index (χ3n) is 4.59. The lowest BCUT2D eigenvalue weighted by Crippen LogP contribution is -2.22. The summed E-state index contributed by atoms with van der Waals surface area (Å²) < 4.78 is 6.37. The fourth-order valence-electron chi connectivity index (χ4n) is 3.06. The maximum Gasteiger partial charge on any atom is 0.337 e. The monoisotopic (exact) mass is 449 g/mol. The third kappa shape index (κ3) is 4.45. The maximum absolute atomic E-state index is 12.9. The summed E-state index contributed by atoms with van der Waals surface area (Å²) >= 11 is 3.01. The van der Waals surface area contributed by atoms with Crippen LogP contribution in [0.1, 0.15) is 16.1 Å². The standard InChI is InChI=1S/C23H19N3O3S2/c1-3-12-26-21(27)18-6-4-5-7-19(18)25-23(26)31-14-17-13-30-20(24-17)15-8-10-16(11-9-15)22(28)29-2/h3-11,13H,1,12,14H2,2H3. The van der Waals surface area contributed by atoms with Crippen LogP contribution in [0.5, 0.6) is 0 Å². The fraction of sp³-hybridized carbons (Fsp3) is 0.130. The van der Waals surface area contributed by atoms with Gasteiger partial charge in [-0.05, 0) is 24.3 Å². The number of thiazole rings is 1. The topological polar surface area (TPSA) is 74.1 Å². The molecule has 6 nitrogen and oxygen atoms in total. The Hall–Kier alpha value is -3.23. The number of rotatable bonds is 7. The van der Waals surface area contributed by atoms with Crippen LogP contribution < -0.4 is 5.56 Å². The maximum atomic E-state index is 12.9. The molecule has 0 aliphatic carbocycles. The summed E-state index contributed by atoms with van der Waals surface area (Å²) in [4.78, 5) is 33.8. The lowest BCUT2D eigenvalue weighted by molar-refractivity contribution is 0.0601. The van der Waals surface area contributed by atoms with Crippen molar-refractivity contribution >= 4 is 40.0 Å². The van der Waals surface area contributed by atoms with E-state index in [4.69, 9.17) is 9.72 Å². The molecule has 8 heteroatoms. The number of nitrogens with zero attached hydrogens (tertiary/aromatic N) is 3. The zero-order valence-electron chi connectivity index (χ0n) is 16.8. The summed E-state index contributed by atoms with van der Waals surface area (Å²) in [6.45, 7) is 4.16. The number of aromatic nitrogens is 3. The van der Waals surface area contributed by atoms with Gasteiger partial charge in [-0.1, -0.05) is 42.1 Å². The molecular weight excluding hydrogens is 430 g/mol. The summed E-state index contributed by atoms with van der Waals surface area (Å²) in [7, 11) is 1.36. The van der Waals surface area contributed by atoms with Crippen LogP contribution in [0.15, 0.2) is 76.5 Å². The highest BCUT2D eigenvalue weighted by Gasteiger charge is 2.13. The van der Waals surface area contributed by atoms with E-state index in [0.29, 0.717) is 33.9 Å². The molecule has 0 aliphatic rings. The third-order valence-corrected chi connectivity index (χ3v) is 6.54. The molecule has 2 aromatic heterocycles. The number of allylic oxidation sites excluding steroid dienone is 1. The molecule has 156 valence electrons. The first kappa shape index (κ1) is 21.0. The Kier molecular flexibility index (Phi) is 6.29. The summed E-state index contributed by atoms with van der Waals surface area (Å²) in [5.41, 5.74) is 2.94. The SMILES string of the molecule is C=CCn1c(SCc2csc(-c3ccc(C(=O)OC)cc3)n2)nc2ccccc2c1=O. The van der Waals surface area contributed by atoms with Gasteiger partial charge in [-0.15, -0.1) is 17.9 Å². The molecule has 0 saturated heterocycles. The predicted octanol–water partition coefficient (Wildman–Crippen LogP) is 4.78. The van der Waals surface area contributed by atoms with E-state index in [9.17, 15) is 9.59 Å². The van der Waals surface area contributed by atoms with Gasteiger partial charge in [-0.3, -0.25) is 9.36 Å². The van der Waals surface area contributed by atoms with E-state index in [2.05, 4.69) is 11.6 Å². The summed E-state index contributed by atoms with van der Waals surface area (Å²) in [6.07, 6.45) is 1.70. The zero-order valence-corrected chi connectivity index (χ0v) is 18.4. The Morgan fingerprint density at radius 3 is 2.71 bits per heavy atom. The molecule has 0 N–H and O–H groups in total. The van der Waals surface area contributed by atoms with E-state index < -0.39 is 0 Å². The molecule has 4 rings (SSSR count). The second-order valence-electron chi connectivity index (χ2n) is 6.62. The summed E-state index contributed by atoms with van der Waals surface area (Å²) in [6, 6.07) is 14.5. The van der Waals surface area contributed by atoms with Crippen LogP contribution in [0.2, 0.25) is 0 Å². The number of ether oxygens (including phenoxy) is 1. The van der Waals surface area contributed by atoms with Crippen LogP contribution in [0.3, 0.4) is 0 Å². The minimum absolute atomic E-state index is 0.0716. The number of carbonyl (C=O) groups excluding carboxylic acids is 1. The van der Waals surface area contributed by atoms with Crippen LogP contribution >= 0.6 is 23.1 Å². The van der Waals surface area contributed by atoms with Gasteiger partial charge in [-0.2, -0.15) is 0 Å². The normalized spacial score (nSPS) is 10.9. The van der Waals surface area contributed by atoms with Crippen molar-refractivity contribution in [3.05, 3.63) is 88.2 Å². The largest absolute Gasteiger partial charge is 0.465 e. The smallest absolute Gasteiger partial charge is 0.337 e. The van der Waals surface area contributed by atoms with Crippen LogP contribution in [-0.2, 0) is 17.0 Å². The molecule has 2 aromatic carbocycles. The van der Waals surface area contributed by atoms with Crippen molar-refractivity contribution in [1.29, 1.82) is 0 Å². The molecule has 0 radical (unpaired) electrons. The van der Waals surface area contributed by atoms with Crippen LogP contribution in [0, 0.1) is 0 Å². The summed E-state index contributed by atoms with van der Waals surface area (Å²) in [5, 5.41) is 4.09. The zero-order chi connectivity index (χ0) is 21.8. The van der Waals surface area contributed by atoms with Gasteiger partial charge >= 0.3 is 5.97 Å². The highest BCUT2D eigenvalue weighted by atomic mass is 32.2. The number of hydrogen-bond donors (Lipinski definition) is 0. The molecule has 31 heavy (non-hydrogen) atoms. The van der Waals surface area contributed by atoms with Gasteiger partial charge in [0.2, 0.25) is 0 Å². The van der Waals surface area contributed by atoms with E-state index in [1.54, 1.807) is 28.8 Å². The molecule has 4 aromatic rings. The summed E-state index contributed by atoms with van der Waals surface area (Å²) in [5.74, 6) is 0.217. The van der Waals surface area contributed by atoms with Crippen molar-refractivity contribution in [3.63, 3.8) is 0 Å². The van der Waals surface area contributed by atoms with Gasteiger partial charge < -0.3 is 4.74 Å². The molecule has 0 atom stereocenters. The van der Waals surface area contributed by atoms with Gasteiger partial charge in [0.15, 0.2) is 5.16 Å². The number of carbonyl (C=O) groups is 1. The Morgan fingerprint density at radius 1 is 1.19 bits per heavy atom. The Labute approximate surface area is 187 Å². The number of para-hydroxylation sites is 1. The average Bonchev–Trinajstić information content (AvgIpc) is 3.28. The Morgan fingerprint density at radius 2 is 1.97 bits per heavy atom. The van der Waals surface area contributed by atoms with Crippen molar-refractivity contribution in [2.24, 2.45) is 0 Å². The number of methoxy groups -OCH3 is 1. The van der Waals surface area contributed by atoms with E-state index in [0.717, 1.165) is 16.3 Å². The van der Waals surface area contributed by atoms with Crippen molar-refractivity contribution < 1.29 is 9.53 Å². The molecule has 0 fully saturated rings.